The molecule has 0 spiro atoms. The van der Waals surface area contributed by atoms with E-state index in [-0.39, 0.29) is 0 Å². The summed E-state index contributed by atoms with van der Waals surface area (Å²) < 4.78 is 29.2. The molecule has 29 heavy (non-hydrogen) atoms. The van der Waals surface area contributed by atoms with Gasteiger partial charge in [-0.2, -0.15) is 8.51 Å². The molecule has 0 aliphatic carbocycles. The standard InChI is InChI=1S/C19H27ClN4O4S/c1-4-7-18-23(20)17-14-21(2)29(26)22(19(17)24(18)25)12-5-6-13-28-16-10-8-15(27-3)9-11-16/h8-11,14,18H,4-7,12-13H2,1-3H3. The quantitative estimate of drug-likeness (QED) is 0.254. The third-order valence-corrected chi connectivity index (χ3v) is 6.54. The number of halogens is 1. The van der Waals surface area contributed by atoms with Crippen LogP contribution in [-0.4, -0.2) is 61.3 Å². The zero-order valence-corrected chi connectivity index (χ0v) is 18.5. The molecule has 0 saturated carbocycles. The number of benzene rings is 1. The third-order valence-electron chi connectivity index (χ3n) is 4.81. The van der Waals surface area contributed by atoms with Crippen LogP contribution >= 0.6 is 11.8 Å². The van der Waals surface area contributed by atoms with E-state index in [1.807, 2.05) is 31.2 Å². The minimum absolute atomic E-state index is 0.381. The molecule has 2 atom stereocenters. The number of ether oxygens (including phenoxy) is 2. The Kier molecular flexibility index (Phi) is 7.13. The Morgan fingerprint density at radius 3 is 2.59 bits per heavy atom. The minimum Gasteiger partial charge on any atom is -0.713 e. The maximum absolute atomic E-state index is 12.8. The van der Waals surface area contributed by atoms with Crippen LogP contribution in [0.4, 0.5) is 0 Å². The van der Waals surface area contributed by atoms with Gasteiger partial charge < -0.3 is 14.7 Å². The topological polar surface area (TPSA) is 71.3 Å². The Morgan fingerprint density at radius 1 is 1.24 bits per heavy atom. The molecular formula is C19H27ClN4O4S. The summed E-state index contributed by atoms with van der Waals surface area (Å²) in [6, 6.07) is 7.41. The predicted octanol–water partition coefficient (Wildman–Crippen LogP) is 3.03. The zero-order valence-electron chi connectivity index (χ0n) is 16.9. The molecule has 0 aromatic heterocycles. The van der Waals surface area contributed by atoms with E-state index in [0.717, 1.165) is 35.5 Å². The fourth-order valence-electron chi connectivity index (χ4n) is 3.29. The Balaban J connectivity index is 1.59. The number of unbranched alkanes of at least 4 members (excludes halogenated alkanes) is 1. The highest BCUT2D eigenvalue weighted by atomic mass is 35.5. The number of fused-ring (bicyclic) bond motifs is 1. The van der Waals surface area contributed by atoms with Gasteiger partial charge in [0.05, 0.1) is 13.7 Å². The van der Waals surface area contributed by atoms with Crippen LogP contribution in [0.25, 0.3) is 0 Å². The van der Waals surface area contributed by atoms with Gasteiger partial charge in [-0.3, -0.25) is 4.31 Å². The first-order valence-corrected chi connectivity index (χ1v) is 11.1. The van der Waals surface area contributed by atoms with Gasteiger partial charge in [-0.05, 0) is 37.1 Å². The molecule has 0 radical (unpaired) electrons. The zero-order chi connectivity index (χ0) is 21.0. The Morgan fingerprint density at radius 2 is 1.93 bits per heavy atom. The lowest BCUT2D eigenvalue weighted by Crippen LogP contribution is -2.46. The highest BCUT2D eigenvalue weighted by molar-refractivity contribution is 7.81. The lowest BCUT2D eigenvalue weighted by Gasteiger charge is -2.26. The molecule has 0 N–H and O–H groups in total. The molecule has 160 valence electrons. The Bertz CT molecular complexity index is 802. The molecule has 10 heteroatoms. The summed E-state index contributed by atoms with van der Waals surface area (Å²) in [5.74, 6) is 1.93. The first-order chi connectivity index (χ1) is 14.0. The minimum atomic E-state index is -1.46. The van der Waals surface area contributed by atoms with Crippen molar-refractivity contribution in [1.82, 2.24) is 13.0 Å². The van der Waals surface area contributed by atoms with Gasteiger partial charge in [-0.15, -0.1) is 0 Å². The van der Waals surface area contributed by atoms with Crippen LogP contribution in [0.5, 0.6) is 11.5 Å². The number of nitrogens with zero attached hydrogens (tertiary/aromatic N) is 4. The van der Waals surface area contributed by atoms with E-state index in [1.165, 1.54) is 4.42 Å². The van der Waals surface area contributed by atoms with E-state index >= 15 is 0 Å². The Hall–Kier alpha value is -2.13. The highest BCUT2D eigenvalue weighted by Crippen LogP contribution is 2.31. The number of amidine groups is 1. The summed E-state index contributed by atoms with van der Waals surface area (Å²) >= 11 is 4.94. The smallest absolute Gasteiger partial charge is 0.318 e. The van der Waals surface area contributed by atoms with Gasteiger partial charge in [0.1, 0.15) is 18.0 Å². The summed E-state index contributed by atoms with van der Waals surface area (Å²) in [6.45, 7) is 3.00. The van der Waals surface area contributed by atoms with Crippen LogP contribution in [0.3, 0.4) is 0 Å². The summed E-state index contributed by atoms with van der Waals surface area (Å²) in [6.07, 6.45) is 4.14. The van der Waals surface area contributed by atoms with E-state index in [1.54, 1.807) is 29.0 Å². The van der Waals surface area contributed by atoms with Gasteiger partial charge in [0.25, 0.3) is 0 Å². The van der Waals surface area contributed by atoms with Crippen molar-refractivity contribution in [2.75, 3.05) is 27.3 Å². The van der Waals surface area contributed by atoms with Crippen LogP contribution in [0.2, 0.25) is 0 Å². The lowest BCUT2D eigenvalue weighted by atomic mass is 10.3. The molecular weight excluding hydrogens is 416 g/mol. The normalized spacial score (nSPS) is 21.4. The fourth-order valence-corrected chi connectivity index (χ4v) is 4.70. The number of rotatable bonds is 9. The van der Waals surface area contributed by atoms with Crippen molar-refractivity contribution in [3.8, 4) is 11.5 Å². The number of hydrogen-bond acceptors (Lipinski definition) is 5. The molecule has 1 aromatic rings. The maximum atomic E-state index is 12.8. The summed E-state index contributed by atoms with van der Waals surface area (Å²) in [7, 11) is 3.34. The van der Waals surface area contributed by atoms with Crippen LogP contribution < -0.4 is 9.47 Å². The Labute approximate surface area is 179 Å². The van der Waals surface area contributed by atoms with E-state index in [0.29, 0.717) is 31.1 Å². The average Bonchev–Trinajstić information content (AvgIpc) is 2.95. The average molecular weight is 443 g/mol. The molecule has 0 fully saturated rings. The molecule has 3 rings (SSSR count). The van der Waals surface area contributed by atoms with Crippen LogP contribution in [0.15, 0.2) is 36.2 Å². The van der Waals surface area contributed by atoms with Gasteiger partial charge in [0.2, 0.25) is 0 Å². The van der Waals surface area contributed by atoms with Crippen molar-refractivity contribution in [3.63, 3.8) is 0 Å². The first-order valence-electron chi connectivity index (χ1n) is 9.67. The van der Waals surface area contributed by atoms with Crippen LogP contribution in [0.1, 0.15) is 32.6 Å². The second-order valence-corrected chi connectivity index (χ2v) is 8.70. The van der Waals surface area contributed by atoms with E-state index in [4.69, 9.17) is 21.3 Å². The second kappa shape index (κ2) is 9.58. The summed E-state index contributed by atoms with van der Waals surface area (Å²) in [5, 5.41) is 12.8. The predicted molar refractivity (Wildman–Crippen MR) is 113 cm³/mol. The first kappa shape index (κ1) is 21.6. The van der Waals surface area contributed by atoms with E-state index in [2.05, 4.69) is 0 Å². The monoisotopic (exact) mass is 442 g/mol. The summed E-state index contributed by atoms with van der Waals surface area (Å²) in [4.78, 5) is 0. The van der Waals surface area contributed by atoms with Crippen molar-refractivity contribution in [2.24, 2.45) is 0 Å². The van der Waals surface area contributed by atoms with Crippen LogP contribution in [-0.2, 0) is 11.2 Å². The molecule has 8 nitrogen and oxygen atoms in total. The van der Waals surface area contributed by atoms with Crippen LogP contribution in [0, 0.1) is 5.21 Å². The van der Waals surface area contributed by atoms with Gasteiger partial charge >= 0.3 is 17.0 Å². The molecule has 2 heterocycles. The van der Waals surface area contributed by atoms with E-state index in [9.17, 15) is 9.42 Å². The van der Waals surface area contributed by atoms with Crippen molar-refractivity contribution < 1.29 is 18.4 Å². The largest absolute Gasteiger partial charge is 0.713 e. The molecule has 2 aliphatic heterocycles. The third kappa shape index (κ3) is 4.56. The van der Waals surface area contributed by atoms with Crippen molar-refractivity contribution in [1.29, 1.82) is 0 Å². The number of hydrogen-bond donors (Lipinski definition) is 0. The molecule has 0 saturated heterocycles. The highest BCUT2D eigenvalue weighted by Gasteiger charge is 2.47. The SMILES string of the molecule is CCCC1N(Cl)C2=CN(C)S(=O)N(CCCCOc3ccc(OC)cc3)C2=[N+]1[O-]. The lowest BCUT2D eigenvalue weighted by molar-refractivity contribution is -0.513. The molecule has 0 amide bonds. The number of methoxy groups -OCH3 is 1. The maximum Gasteiger partial charge on any atom is 0.318 e. The summed E-state index contributed by atoms with van der Waals surface area (Å²) in [5.41, 5.74) is 0.594. The molecule has 1 aromatic carbocycles. The van der Waals surface area contributed by atoms with Gasteiger partial charge in [0, 0.05) is 31.4 Å². The van der Waals surface area contributed by atoms with Gasteiger partial charge in [0.15, 0.2) is 11.9 Å². The van der Waals surface area contributed by atoms with Gasteiger partial charge in [-0.1, -0.05) is 13.3 Å². The second-order valence-electron chi connectivity index (χ2n) is 6.85. The molecule has 2 aliphatic rings. The van der Waals surface area contributed by atoms with Crippen molar-refractivity contribution in [3.05, 3.63) is 41.4 Å². The number of hydroxylamine groups is 1. The molecule has 2 unspecified atom stereocenters. The van der Waals surface area contributed by atoms with Crippen molar-refractivity contribution >= 4 is 28.8 Å². The van der Waals surface area contributed by atoms with Crippen molar-refractivity contribution in [2.45, 2.75) is 38.8 Å². The fraction of sp³-hybridized carbons (Fsp3) is 0.526. The van der Waals surface area contributed by atoms with E-state index < -0.39 is 17.3 Å². The molecule has 0 bridgehead atoms. The van der Waals surface area contributed by atoms with Gasteiger partial charge in [-0.25, -0.2) is 9.16 Å².